The maximum absolute atomic E-state index is 11.6. The number of phenolic OH excluding ortho intramolecular Hbond substituents is 1. The van der Waals surface area contributed by atoms with Crippen LogP contribution in [0.4, 0.5) is 11.4 Å². The molecule has 8 heteroatoms. The molecule has 0 saturated heterocycles. The quantitative estimate of drug-likeness (QED) is 0.128. The number of methoxy groups -OCH3 is 1. The maximum atomic E-state index is 11.6. The predicted octanol–water partition coefficient (Wildman–Crippen LogP) is 4.98. The van der Waals surface area contributed by atoms with Crippen LogP contribution < -0.4 is 26.7 Å². The van der Waals surface area contributed by atoms with Gasteiger partial charge in [-0.1, -0.05) is 42.5 Å². The Balaban J connectivity index is 1.18. The Morgan fingerprint density at radius 1 is 0.927 bits per heavy atom. The molecule has 0 fully saturated rings. The van der Waals surface area contributed by atoms with Gasteiger partial charge in [0.25, 0.3) is 0 Å². The third-order valence-corrected chi connectivity index (χ3v) is 7.16. The molecule has 0 aliphatic heterocycles. The summed E-state index contributed by atoms with van der Waals surface area (Å²) in [5, 5.41) is 28.2. The summed E-state index contributed by atoms with van der Waals surface area (Å²) in [5.41, 5.74) is 12.8. The zero-order valence-electron chi connectivity index (χ0n) is 22.9. The predicted molar refractivity (Wildman–Crippen MR) is 164 cm³/mol. The van der Waals surface area contributed by atoms with Crippen LogP contribution in [0.25, 0.3) is 22.0 Å². The van der Waals surface area contributed by atoms with Gasteiger partial charge in [-0.3, -0.25) is 4.79 Å². The molecule has 8 nitrogen and oxygen atoms in total. The van der Waals surface area contributed by atoms with E-state index in [9.17, 15) is 15.0 Å². The lowest BCUT2D eigenvalue weighted by Gasteiger charge is -2.16. The Kier molecular flexibility index (Phi) is 8.64. The zero-order valence-corrected chi connectivity index (χ0v) is 22.9. The molecule has 5 rings (SSSR count). The highest BCUT2D eigenvalue weighted by Gasteiger charge is 2.14. The minimum absolute atomic E-state index is 0.0242. The summed E-state index contributed by atoms with van der Waals surface area (Å²) in [6, 6.07) is 28.5. The Bertz CT molecular complexity index is 1700. The van der Waals surface area contributed by atoms with Gasteiger partial charge in [0, 0.05) is 41.5 Å². The number of H-pyrrole nitrogens is 1. The van der Waals surface area contributed by atoms with Gasteiger partial charge in [-0.15, -0.1) is 0 Å². The van der Waals surface area contributed by atoms with Crippen molar-refractivity contribution in [1.82, 2.24) is 10.3 Å². The number of rotatable bonds is 11. The number of nitrogens with one attached hydrogen (secondary N) is 3. The molecule has 0 saturated carbocycles. The SMILES string of the molecule is COc1ccc(Nc2ccc(CCNC[C@H](O)c3ccc(O)c4[nH]c(=O)ccc34)cc2)cc1-c1ccccc1CN. The van der Waals surface area contributed by atoms with Gasteiger partial charge in [0.2, 0.25) is 5.56 Å². The molecule has 0 radical (unpaired) electrons. The van der Waals surface area contributed by atoms with Gasteiger partial charge < -0.3 is 36.3 Å². The number of hydrogen-bond acceptors (Lipinski definition) is 7. The largest absolute Gasteiger partial charge is 0.506 e. The van der Waals surface area contributed by atoms with Crippen molar-refractivity contribution in [3.8, 4) is 22.6 Å². The third-order valence-electron chi connectivity index (χ3n) is 7.16. The van der Waals surface area contributed by atoms with Crippen LogP contribution in [0.1, 0.15) is 22.8 Å². The normalized spacial score (nSPS) is 11.9. The first-order valence-corrected chi connectivity index (χ1v) is 13.5. The molecule has 41 heavy (non-hydrogen) atoms. The fraction of sp³-hybridized carbons (Fsp3) is 0.182. The number of aromatic amines is 1. The summed E-state index contributed by atoms with van der Waals surface area (Å²) >= 11 is 0. The summed E-state index contributed by atoms with van der Waals surface area (Å²) in [7, 11) is 1.67. The minimum Gasteiger partial charge on any atom is -0.506 e. The van der Waals surface area contributed by atoms with Crippen LogP contribution in [0.5, 0.6) is 11.5 Å². The van der Waals surface area contributed by atoms with Crippen LogP contribution in [-0.4, -0.2) is 35.4 Å². The van der Waals surface area contributed by atoms with E-state index >= 15 is 0 Å². The molecule has 1 aromatic heterocycles. The van der Waals surface area contributed by atoms with E-state index in [4.69, 9.17) is 10.5 Å². The van der Waals surface area contributed by atoms with E-state index < -0.39 is 6.10 Å². The topological polar surface area (TPSA) is 133 Å². The number of phenols is 1. The number of nitrogens with two attached hydrogens (primary N) is 1. The van der Waals surface area contributed by atoms with Crippen LogP contribution in [-0.2, 0) is 13.0 Å². The van der Waals surface area contributed by atoms with E-state index in [-0.39, 0.29) is 11.3 Å². The van der Waals surface area contributed by atoms with Crippen molar-refractivity contribution >= 4 is 22.3 Å². The molecule has 0 unspecified atom stereocenters. The molecule has 0 bridgehead atoms. The van der Waals surface area contributed by atoms with Gasteiger partial charge in [0.05, 0.1) is 18.7 Å². The van der Waals surface area contributed by atoms with Crippen molar-refractivity contribution in [1.29, 1.82) is 0 Å². The number of anilines is 2. The first kappa shape index (κ1) is 27.9. The molecule has 210 valence electrons. The molecule has 7 N–H and O–H groups in total. The van der Waals surface area contributed by atoms with Crippen molar-refractivity contribution in [3.05, 3.63) is 118 Å². The molecule has 0 aliphatic carbocycles. The van der Waals surface area contributed by atoms with Gasteiger partial charge >= 0.3 is 0 Å². The average Bonchev–Trinajstić information content (AvgIpc) is 3.00. The van der Waals surface area contributed by atoms with Crippen LogP contribution in [0.3, 0.4) is 0 Å². The molecule has 4 aromatic carbocycles. The lowest BCUT2D eigenvalue weighted by Crippen LogP contribution is -2.24. The second kappa shape index (κ2) is 12.7. The number of aliphatic hydroxyl groups excluding tert-OH is 1. The minimum atomic E-state index is -0.790. The van der Waals surface area contributed by atoms with E-state index in [2.05, 4.69) is 39.9 Å². The first-order chi connectivity index (χ1) is 20.0. The highest BCUT2D eigenvalue weighted by molar-refractivity contribution is 5.87. The van der Waals surface area contributed by atoms with Gasteiger partial charge in [-0.25, -0.2) is 0 Å². The van der Waals surface area contributed by atoms with E-state index in [1.807, 2.05) is 42.5 Å². The van der Waals surface area contributed by atoms with Crippen molar-refractivity contribution in [2.24, 2.45) is 5.73 Å². The number of hydrogen-bond donors (Lipinski definition) is 6. The number of aromatic hydroxyl groups is 1. The second-order valence-corrected chi connectivity index (χ2v) is 9.85. The summed E-state index contributed by atoms with van der Waals surface area (Å²) < 4.78 is 5.62. The van der Waals surface area contributed by atoms with E-state index in [0.717, 1.165) is 45.8 Å². The van der Waals surface area contributed by atoms with Gasteiger partial charge in [0.1, 0.15) is 11.5 Å². The van der Waals surface area contributed by atoms with Gasteiger partial charge in [-0.05, 0) is 77.7 Å². The second-order valence-electron chi connectivity index (χ2n) is 9.85. The number of aromatic nitrogens is 1. The first-order valence-electron chi connectivity index (χ1n) is 13.5. The fourth-order valence-electron chi connectivity index (χ4n) is 5.01. The Morgan fingerprint density at radius 2 is 1.71 bits per heavy atom. The lowest BCUT2D eigenvalue weighted by molar-refractivity contribution is 0.176. The Labute approximate surface area is 238 Å². The number of aliphatic hydroxyl groups is 1. The maximum Gasteiger partial charge on any atom is 0.248 e. The fourth-order valence-corrected chi connectivity index (χ4v) is 5.01. The van der Waals surface area contributed by atoms with Crippen LogP contribution >= 0.6 is 0 Å². The molecular formula is C33H34N4O4. The van der Waals surface area contributed by atoms with Crippen LogP contribution in [0.2, 0.25) is 0 Å². The van der Waals surface area contributed by atoms with E-state index in [1.165, 1.54) is 12.1 Å². The third kappa shape index (κ3) is 6.41. The molecule has 0 aliphatic rings. The molecule has 1 heterocycles. The summed E-state index contributed by atoms with van der Waals surface area (Å²) in [6.07, 6.45) is 0.000859. The van der Waals surface area contributed by atoms with E-state index in [0.29, 0.717) is 36.1 Å². The zero-order chi connectivity index (χ0) is 28.8. The summed E-state index contributed by atoms with van der Waals surface area (Å²) in [6.45, 7) is 1.47. The van der Waals surface area contributed by atoms with Crippen molar-refractivity contribution in [3.63, 3.8) is 0 Å². The highest BCUT2D eigenvalue weighted by atomic mass is 16.5. The highest BCUT2D eigenvalue weighted by Crippen LogP contribution is 2.35. The van der Waals surface area contributed by atoms with Crippen molar-refractivity contribution < 1.29 is 14.9 Å². The monoisotopic (exact) mass is 550 g/mol. The number of ether oxygens (including phenoxy) is 1. The van der Waals surface area contributed by atoms with Crippen LogP contribution in [0, 0.1) is 0 Å². The standard InChI is InChI=1S/C33H34N4O4/c1-41-31-14-10-24(18-28(31)25-5-3-2-4-22(25)19-34)36-23-8-6-21(7-9-23)16-17-35-20-30(39)26-11-13-29(38)33-27(26)12-15-32(40)37-33/h2-15,18,30,35-36,38-39H,16-17,19-20,34H2,1H3,(H,37,40)/t30-/m0/s1. The van der Waals surface area contributed by atoms with Gasteiger partial charge in [0.15, 0.2) is 0 Å². The van der Waals surface area contributed by atoms with Crippen molar-refractivity contribution in [2.75, 3.05) is 25.5 Å². The van der Waals surface area contributed by atoms with Gasteiger partial charge in [-0.2, -0.15) is 0 Å². The number of fused-ring (bicyclic) bond motifs is 1. The molecule has 0 spiro atoms. The van der Waals surface area contributed by atoms with E-state index in [1.54, 1.807) is 19.2 Å². The number of benzene rings is 4. The van der Waals surface area contributed by atoms with Crippen molar-refractivity contribution in [2.45, 2.75) is 19.1 Å². The Hall–Kier alpha value is -4.63. The summed E-state index contributed by atoms with van der Waals surface area (Å²) in [5.74, 6) is 0.766. The molecule has 0 amide bonds. The summed E-state index contributed by atoms with van der Waals surface area (Å²) in [4.78, 5) is 14.3. The van der Waals surface area contributed by atoms with Crippen LogP contribution in [0.15, 0.2) is 95.8 Å². The lowest BCUT2D eigenvalue weighted by atomic mass is 9.98. The smallest absolute Gasteiger partial charge is 0.248 e. The average molecular weight is 551 g/mol. The molecular weight excluding hydrogens is 516 g/mol. The Morgan fingerprint density at radius 3 is 2.49 bits per heavy atom. The molecule has 5 aromatic rings. The number of pyridine rings is 1. The molecule has 1 atom stereocenters.